The molecule has 4 aromatic rings. The number of aromatic nitrogens is 2. The minimum Gasteiger partial charge on any atom is -0.480 e. The van der Waals surface area contributed by atoms with Crippen LogP contribution in [0.15, 0.2) is 73.1 Å². The number of carboxylic acid groups (broad SMARTS) is 1. The fourth-order valence-corrected chi connectivity index (χ4v) is 6.86. The molecule has 2 aromatic heterocycles. The Morgan fingerprint density at radius 1 is 0.667 bits per heavy atom. The average molecular weight is 961 g/mol. The van der Waals surface area contributed by atoms with Gasteiger partial charge in [-0.2, -0.15) is 0 Å². The zero-order valence-electron chi connectivity index (χ0n) is 39.8. The number of nitro groups is 2. The number of pyridine rings is 2. The quantitative estimate of drug-likeness (QED) is 0.0692. The Hall–Kier alpha value is -7.98. The van der Waals surface area contributed by atoms with Crippen LogP contribution in [-0.2, 0) is 19.1 Å². The summed E-state index contributed by atoms with van der Waals surface area (Å²) in [7, 11) is 3.21. The number of carbonyl (C=O) groups excluding carboxylic acids is 3. The highest BCUT2D eigenvalue weighted by atomic mass is 16.6. The first-order valence-electron chi connectivity index (χ1n) is 22.0. The number of aliphatic carboxylic acids is 1. The van der Waals surface area contributed by atoms with Crippen LogP contribution >= 0.6 is 0 Å². The van der Waals surface area contributed by atoms with Crippen LogP contribution in [0.5, 0.6) is 23.0 Å². The second-order valence-corrected chi connectivity index (χ2v) is 17.6. The Morgan fingerprint density at radius 3 is 1.54 bits per heavy atom. The molecule has 2 aliphatic rings. The molecule has 3 amide bonds. The van der Waals surface area contributed by atoms with E-state index in [9.17, 15) is 39.4 Å². The number of ether oxygens (including phenoxy) is 4. The third-order valence-corrected chi connectivity index (χ3v) is 9.93. The summed E-state index contributed by atoms with van der Waals surface area (Å²) in [5, 5.41) is 39.5. The summed E-state index contributed by atoms with van der Waals surface area (Å²) in [4.78, 5) is 80.3. The summed E-state index contributed by atoms with van der Waals surface area (Å²) in [5.41, 5.74) is 4.89. The van der Waals surface area contributed by atoms with E-state index in [-0.39, 0.29) is 28.8 Å². The van der Waals surface area contributed by atoms with Gasteiger partial charge >= 0.3 is 18.2 Å². The molecule has 0 spiro atoms. The number of benzene rings is 2. The first-order chi connectivity index (χ1) is 32.5. The smallest absolute Gasteiger partial charge is 0.411 e. The van der Waals surface area contributed by atoms with Gasteiger partial charge in [-0.1, -0.05) is 0 Å². The number of anilines is 4. The molecule has 4 heterocycles. The molecular formula is C46H60N10O13. The Morgan fingerprint density at radius 2 is 1.10 bits per heavy atom. The molecule has 0 saturated carbocycles. The van der Waals surface area contributed by atoms with Gasteiger partial charge in [-0.3, -0.25) is 34.8 Å². The summed E-state index contributed by atoms with van der Waals surface area (Å²) >= 11 is 0. The molecule has 69 heavy (non-hydrogen) atoms. The molecule has 2 atom stereocenters. The molecule has 0 aliphatic carbocycles. The normalized spacial score (nSPS) is 15.6. The topological polar surface area (TPSA) is 306 Å². The van der Waals surface area contributed by atoms with Crippen molar-refractivity contribution in [1.29, 1.82) is 0 Å². The highest BCUT2D eigenvalue weighted by Gasteiger charge is 2.36. The lowest BCUT2D eigenvalue weighted by Gasteiger charge is -2.35. The molecule has 6 N–H and O–H groups in total. The van der Waals surface area contributed by atoms with Crippen LogP contribution < -0.4 is 31.2 Å². The number of nitrogens with two attached hydrogens (primary N) is 1. The number of nitro benzene ring substituents is 2. The number of likely N-dealkylation sites (tertiary alicyclic amines) is 2. The predicted molar refractivity (Wildman–Crippen MR) is 256 cm³/mol. The fraction of sp³-hybridized carbons (Fsp3) is 0.435. The summed E-state index contributed by atoms with van der Waals surface area (Å²) in [6, 6.07) is 13.9. The highest BCUT2D eigenvalue weighted by molar-refractivity contribution is 5.96. The molecule has 0 bridgehead atoms. The van der Waals surface area contributed by atoms with E-state index in [4.69, 9.17) is 29.8 Å². The first kappa shape index (κ1) is 53.6. The number of piperidine rings is 2. The van der Waals surface area contributed by atoms with Gasteiger partial charge in [0.05, 0.1) is 22.0 Å². The van der Waals surface area contributed by atoms with E-state index in [1.54, 1.807) is 92.0 Å². The summed E-state index contributed by atoms with van der Waals surface area (Å²) < 4.78 is 21.9. The molecule has 23 nitrogen and oxygen atoms in total. The number of carboxylic acids is 1. The summed E-state index contributed by atoms with van der Waals surface area (Å²) in [6.45, 7) is 11.5. The van der Waals surface area contributed by atoms with Gasteiger partial charge in [0.25, 0.3) is 11.4 Å². The number of hydrogen-bond acceptors (Lipinski definition) is 17. The van der Waals surface area contributed by atoms with Crippen LogP contribution in [-0.4, -0.2) is 109 Å². The number of rotatable bonds is 11. The van der Waals surface area contributed by atoms with Gasteiger partial charge in [0, 0.05) is 51.7 Å². The van der Waals surface area contributed by atoms with Crippen molar-refractivity contribution in [2.45, 2.75) is 103 Å². The Kier molecular flexibility index (Phi) is 18.8. The average Bonchev–Trinajstić information content (AvgIpc) is 3.28. The second kappa shape index (κ2) is 24.2. The molecule has 2 fully saturated rings. The van der Waals surface area contributed by atoms with Gasteiger partial charge in [-0.05, 0) is 116 Å². The third-order valence-electron chi connectivity index (χ3n) is 9.93. The molecule has 2 saturated heterocycles. The third kappa shape index (κ3) is 16.7. The number of carbonyl (C=O) groups is 4. The lowest BCUT2D eigenvalue weighted by atomic mass is 10.0. The van der Waals surface area contributed by atoms with Crippen molar-refractivity contribution in [2.75, 3.05) is 48.9 Å². The van der Waals surface area contributed by atoms with Gasteiger partial charge in [-0.25, -0.2) is 24.4 Å². The Labute approximate surface area is 399 Å². The van der Waals surface area contributed by atoms with Gasteiger partial charge < -0.3 is 45.7 Å². The summed E-state index contributed by atoms with van der Waals surface area (Å²) in [5.74, 6) is 0.657. The minimum atomic E-state index is -0.953. The number of nitrogen functional groups attached to an aromatic ring is 1. The monoisotopic (exact) mass is 960 g/mol. The largest absolute Gasteiger partial charge is 0.480 e. The van der Waals surface area contributed by atoms with E-state index in [1.165, 1.54) is 46.5 Å². The molecule has 372 valence electrons. The summed E-state index contributed by atoms with van der Waals surface area (Å²) in [6.07, 6.45) is 6.22. The van der Waals surface area contributed by atoms with E-state index >= 15 is 0 Å². The molecular weight excluding hydrogens is 901 g/mol. The zero-order valence-corrected chi connectivity index (χ0v) is 39.8. The maximum Gasteiger partial charge on any atom is 0.411 e. The van der Waals surface area contributed by atoms with E-state index in [1.807, 2.05) is 0 Å². The van der Waals surface area contributed by atoms with Gasteiger partial charge in [-0.15, -0.1) is 0 Å². The van der Waals surface area contributed by atoms with Crippen LogP contribution in [0.2, 0.25) is 0 Å². The van der Waals surface area contributed by atoms with Crippen molar-refractivity contribution in [3.8, 4) is 23.0 Å². The molecule has 23 heteroatoms. The maximum absolute atomic E-state index is 13.0. The van der Waals surface area contributed by atoms with E-state index in [0.29, 0.717) is 60.4 Å². The van der Waals surface area contributed by atoms with Crippen molar-refractivity contribution in [2.24, 2.45) is 0 Å². The van der Waals surface area contributed by atoms with Crippen LogP contribution in [0.4, 0.5) is 44.0 Å². The molecule has 0 radical (unpaired) electrons. The van der Waals surface area contributed by atoms with E-state index in [2.05, 4.69) is 25.9 Å². The molecule has 2 unspecified atom stereocenters. The first-order valence-corrected chi connectivity index (χ1v) is 22.0. The predicted octanol–water partition coefficient (Wildman–Crippen LogP) is 8.82. The van der Waals surface area contributed by atoms with E-state index in [0.717, 1.165) is 25.7 Å². The van der Waals surface area contributed by atoms with Crippen LogP contribution in [0, 0.1) is 20.2 Å². The van der Waals surface area contributed by atoms with Crippen LogP contribution in [0.25, 0.3) is 0 Å². The Balaban J connectivity index is 0.000000249. The number of hydrogen-bond donors (Lipinski definition) is 5. The second-order valence-electron chi connectivity index (χ2n) is 17.6. The highest BCUT2D eigenvalue weighted by Crippen LogP contribution is 2.33. The van der Waals surface area contributed by atoms with Crippen molar-refractivity contribution in [1.82, 2.24) is 19.8 Å². The Bertz CT molecular complexity index is 2460. The van der Waals surface area contributed by atoms with Gasteiger partial charge in [0.2, 0.25) is 5.91 Å². The minimum absolute atomic E-state index is 0.0537. The maximum atomic E-state index is 13.0. The van der Waals surface area contributed by atoms with Crippen molar-refractivity contribution in [3.63, 3.8) is 0 Å². The van der Waals surface area contributed by atoms with Gasteiger partial charge in [0.15, 0.2) is 0 Å². The zero-order chi connectivity index (χ0) is 51.1. The van der Waals surface area contributed by atoms with E-state index < -0.39 is 51.3 Å². The van der Waals surface area contributed by atoms with Crippen molar-refractivity contribution < 1.29 is 53.1 Å². The lowest BCUT2D eigenvalue weighted by Crippen LogP contribution is -2.51. The SMILES string of the molecule is CC(C)(C)OC(=O)N1CCCCC1C(=O)O.CNc1ccc(Oc2ccnc(N)c2)cc1[N+](=O)[O-].CNc1ccc(Oc2ccnc(NC(=O)C3CCCCN3C(=O)OC(C)(C)C)c2)cc1[N+](=O)[O-]. The molecule has 2 aliphatic heterocycles. The fourth-order valence-electron chi connectivity index (χ4n) is 6.86. The van der Waals surface area contributed by atoms with Crippen LogP contribution in [0.3, 0.4) is 0 Å². The van der Waals surface area contributed by atoms with Gasteiger partial charge in [0.1, 0.15) is 69.3 Å². The van der Waals surface area contributed by atoms with Crippen molar-refractivity contribution in [3.05, 3.63) is 93.3 Å². The standard InChI is InChI=1S/C23H29N5O6.C12H12N4O3.C11H19NO4/c1-23(2,3)34-22(30)27-12-6-5-7-18(27)21(29)26-20-14-16(10-11-25-20)33-15-8-9-17(24-4)19(13-15)28(31)32;1-14-10-3-2-8(6-11(10)16(17)18)19-9-4-5-15-12(13)7-9;1-11(2,3)16-10(15)12-7-5-4-6-8(12)9(13)14/h8-11,13-14,18,24H,5-7,12H2,1-4H3,(H,25,26,29);2-7,14H,1H3,(H2,13,15);8H,4-7H2,1-3H3,(H,13,14). The van der Waals surface area contributed by atoms with Crippen LogP contribution in [0.1, 0.15) is 80.1 Å². The number of nitrogens with zero attached hydrogens (tertiary/aromatic N) is 6. The van der Waals surface area contributed by atoms with Crippen molar-refractivity contribution >= 4 is 58.4 Å². The number of amides is 3. The lowest BCUT2D eigenvalue weighted by molar-refractivity contribution is -0.384. The number of nitrogens with one attached hydrogen (secondary N) is 3. The molecule has 2 aromatic carbocycles. The molecule has 6 rings (SSSR count).